The second kappa shape index (κ2) is 10.7. The van der Waals surface area contributed by atoms with Crippen molar-refractivity contribution in [1.82, 2.24) is 0 Å². The first-order chi connectivity index (χ1) is 11.7. The third-order valence-electron chi connectivity index (χ3n) is 6.27. The molecule has 134 valence electrons. The van der Waals surface area contributed by atoms with Gasteiger partial charge >= 0.3 is 0 Å². The number of hydrogen-bond donors (Lipinski definition) is 0. The van der Waals surface area contributed by atoms with Crippen LogP contribution in [0.3, 0.4) is 0 Å². The van der Waals surface area contributed by atoms with Crippen molar-refractivity contribution in [2.75, 3.05) is 0 Å². The summed E-state index contributed by atoms with van der Waals surface area (Å²) in [4.78, 5) is 0. The molecular weight excluding hydrogens is 288 g/mol. The summed E-state index contributed by atoms with van der Waals surface area (Å²) in [7, 11) is 0. The predicted octanol–water partition coefficient (Wildman–Crippen LogP) is 7.59. The number of hydrogen-bond acceptors (Lipinski definition) is 0. The van der Waals surface area contributed by atoms with E-state index in [4.69, 9.17) is 0 Å². The van der Waals surface area contributed by atoms with Gasteiger partial charge in [-0.3, -0.25) is 0 Å². The molecule has 0 fully saturated rings. The molecule has 0 N–H and O–H groups in total. The standard InChI is InChI=1S/C24H38/c1-4-21(5-2)14-15-23-16-18-24(19-17-23)20(3)10-9-13-22-11-7-6-8-12-22/h6-8,11-12,18,20-21,23H,4-5,9-10,13-17,19H2,1-3H3. The monoisotopic (exact) mass is 326 g/mol. The quantitative estimate of drug-likeness (QED) is 0.388. The molecule has 1 aromatic rings. The van der Waals surface area contributed by atoms with E-state index >= 15 is 0 Å². The minimum Gasteiger partial charge on any atom is -0.0848 e. The topological polar surface area (TPSA) is 0 Å². The summed E-state index contributed by atoms with van der Waals surface area (Å²) in [5.41, 5.74) is 3.24. The van der Waals surface area contributed by atoms with Crippen LogP contribution >= 0.6 is 0 Å². The highest BCUT2D eigenvalue weighted by molar-refractivity contribution is 5.15. The lowest BCUT2D eigenvalue weighted by atomic mass is 9.80. The summed E-state index contributed by atoms with van der Waals surface area (Å²) in [5.74, 6) is 2.71. The summed E-state index contributed by atoms with van der Waals surface area (Å²) >= 11 is 0. The second-order valence-electron chi connectivity index (χ2n) is 7.96. The largest absolute Gasteiger partial charge is 0.0848 e. The molecule has 0 spiro atoms. The molecule has 0 radical (unpaired) electrons. The summed E-state index contributed by atoms with van der Waals surface area (Å²) in [6.45, 7) is 7.15. The molecule has 2 atom stereocenters. The number of benzene rings is 1. The van der Waals surface area contributed by atoms with Crippen LogP contribution in [0.2, 0.25) is 0 Å². The Kier molecular flexibility index (Phi) is 8.64. The average Bonchev–Trinajstić information content (AvgIpc) is 2.64. The van der Waals surface area contributed by atoms with Crippen molar-refractivity contribution in [3.8, 4) is 0 Å². The van der Waals surface area contributed by atoms with Crippen LogP contribution in [0.1, 0.15) is 84.1 Å². The fraction of sp³-hybridized carbons (Fsp3) is 0.667. The lowest BCUT2D eigenvalue weighted by Crippen LogP contribution is -2.12. The fourth-order valence-electron chi connectivity index (χ4n) is 4.23. The number of rotatable bonds is 10. The Labute approximate surface area is 150 Å². The van der Waals surface area contributed by atoms with Gasteiger partial charge in [0, 0.05) is 0 Å². The van der Waals surface area contributed by atoms with Crippen LogP contribution in [0, 0.1) is 17.8 Å². The minimum absolute atomic E-state index is 0.786. The molecule has 2 unspecified atom stereocenters. The molecule has 0 aromatic heterocycles. The van der Waals surface area contributed by atoms with Crippen LogP contribution in [-0.4, -0.2) is 0 Å². The predicted molar refractivity (Wildman–Crippen MR) is 107 cm³/mol. The van der Waals surface area contributed by atoms with Gasteiger partial charge in [-0.1, -0.05) is 82.0 Å². The Morgan fingerprint density at radius 2 is 1.79 bits per heavy atom. The molecule has 0 saturated heterocycles. The van der Waals surface area contributed by atoms with Crippen LogP contribution < -0.4 is 0 Å². The van der Waals surface area contributed by atoms with Gasteiger partial charge in [-0.25, -0.2) is 0 Å². The third-order valence-corrected chi connectivity index (χ3v) is 6.27. The fourth-order valence-corrected chi connectivity index (χ4v) is 4.23. The van der Waals surface area contributed by atoms with Crippen molar-refractivity contribution < 1.29 is 0 Å². The molecular formula is C24H38. The van der Waals surface area contributed by atoms with Gasteiger partial charge in [0.15, 0.2) is 0 Å². The Hall–Kier alpha value is -1.04. The minimum atomic E-state index is 0.786. The van der Waals surface area contributed by atoms with E-state index in [1.807, 2.05) is 0 Å². The van der Waals surface area contributed by atoms with Crippen LogP contribution in [0.15, 0.2) is 42.0 Å². The molecule has 2 rings (SSSR count). The van der Waals surface area contributed by atoms with E-state index in [1.54, 1.807) is 5.57 Å². The van der Waals surface area contributed by atoms with Crippen molar-refractivity contribution in [2.45, 2.75) is 85.0 Å². The van der Waals surface area contributed by atoms with Crippen LogP contribution in [0.4, 0.5) is 0 Å². The van der Waals surface area contributed by atoms with Crippen molar-refractivity contribution >= 4 is 0 Å². The van der Waals surface area contributed by atoms with E-state index in [-0.39, 0.29) is 0 Å². The van der Waals surface area contributed by atoms with Crippen LogP contribution in [0.25, 0.3) is 0 Å². The van der Waals surface area contributed by atoms with Gasteiger partial charge in [-0.15, -0.1) is 0 Å². The molecule has 0 amide bonds. The normalized spacial score (nSPS) is 19.3. The van der Waals surface area contributed by atoms with Gasteiger partial charge in [-0.2, -0.15) is 0 Å². The molecule has 0 aliphatic heterocycles. The lowest BCUT2D eigenvalue weighted by Gasteiger charge is -2.26. The summed E-state index contributed by atoms with van der Waals surface area (Å²) in [6.07, 6.45) is 16.3. The molecule has 1 aromatic carbocycles. The van der Waals surface area contributed by atoms with Crippen molar-refractivity contribution in [2.24, 2.45) is 17.8 Å². The SMILES string of the molecule is CCC(CC)CCC1CC=C(C(C)CCCc2ccccc2)CC1. The molecule has 1 aliphatic rings. The average molecular weight is 327 g/mol. The number of aryl methyl sites for hydroxylation is 1. The van der Waals surface area contributed by atoms with Crippen LogP contribution in [0.5, 0.6) is 0 Å². The summed E-state index contributed by atoms with van der Waals surface area (Å²) in [6, 6.07) is 10.9. The highest BCUT2D eigenvalue weighted by Gasteiger charge is 2.18. The van der Waals surface area contributed by atoms with E-state index in [9.17, 15) is 0 Å². The van der Waals surface area contributed by atoms with E-state index in [0.29, 0.717) is 0 Å². The van der Waals surface area contributed by atoms with Gasteiger partial charge < -0.3 is 0 Å². The molecule has 0 saturated carbocycles. The second-order valence-corrected chi connectivity index (χ2v) is 7.96. The zero-order valence-corrected chi connectivity index (χ0v) is 16.3. The van der Waals surface area contributed by atoms with Gasteiger partial charge in [-0.05, 0) is 68.3 Å². The van der Waals surface area contributed by atoms with Gasteiger partial charge in [0.05, 0.1) is 0 Å². The summed E-state index contributed by atoms with van der Waals surface area (Å²) in [5, 5.41) is 0. The molecule has 0 heteroatoms. The van der Waals surface area contributed by atoms with E-state index in [0.717, 1.165) is 17.8 Å². The highest BCUT2D eigenvalue weighted by Crippen LogP contribution is 2.33. The molecule has 0 nitrogen and oxygen atoms in total. The third kappa shape index (κ3) is 6.46. The van der Waals surface area contributed by atoms with Crippen molar-refractivity contribution in [1.29, 1.82) is 0 Å². The van der Waals surface area contributed by atoms with Crippen molar-refractivity contribution in [3.05, 3.63) is 47.5 Å². The Balaban J connectivity index is 1.67. The maximum Gasteiger partial charge on any atom is -0.0232 e. The molecule has 1 aliphatic carbocycles. The maximum absolute atomic E-state index is 2.61. The van der Waals surface area contributed by atoms with Crippen LogP contribution in [-0.2, 0) is 6.42 Å². The lowest BCUT2D eigenvalue weighted by molar-refractivity contribution is 0.349. The highest BCUT2D eigenvalue weighted by atomic mass is 14.2. The first-order valence-electron chi connectivity index (χ1n) is 10.5. The Morgan fingerprint density at radius 3 is 2.42 bits per heavy atom. The first kappa shape index (κ1) is 19.3. The maximum atomic E-state index is 2.61. The van der Waals surface area contributed by atoms with E-state index in [2.05, 4.69) is 57.2 Å². The van der Waals surface area contributed by atoms with E-state index < -0.39 is 0 Å². The summed E-state index contributed by atoms with van der Waals surface area (Å²) < 4.78 is 0. The first-order valence-corrected chi connectivity index (χ1v) is 10.5. The van der Waals surface area contributed by atoms with Gasteiger partial charge in [0.25, 0.3) is 0 Å². The molecule has 0 heterocycles. The molecule has 0 bridgehead atoms. The van der Waals surface area contributed by atoms with E-state index in [1.165, 1.54) is 69.8 Å². The Bertz CT molecular complexity index is 466. The zero-order valence-electron chi connectivity index (χ0n) is 16.3. The van der Waals surface area contributed by atoms with Crippen molar-refractivity contribution in [3.63, 3.8) is 0 Å². The van der Waals surface area contributed by atoms with Gasteiger partial charge in [0.2, 0.25) is 0 Å². The zero-order chi connectivity index (χ0) is 17.2. The number of allylic oxidation sites excluding steroid dienone is 2. The smallest absolute Gasteiger partial charge is 0.0232 e. The Morgan fingerprint density at radius 1 is 1.04 bits per heavy atom. The molecule has 24 heavy (non-hydrogen) atoms. The van der Waals surface area contributed by atoms with Gasteiger partial charge in [0.1, 0.15) is 0 Å².